The van der Waals surface area contributed by atoms with Crippen LogP contribution in [-0.4, -0.2) is 24.2 Å². The lowest BCUT2D eigenvalue weighted by molar-refractivity contribution is 0.0696. The van der Waals surface area contributed by atoms with Crippen LogP contribution in [0.25, 0.3) is 0 Å². The molecule has 0 bridgehead atoms. The van der Waals surface area contributed by atoms with Gasteiger partial charge in [0, 0.05) is 17.6 Å². The molecule has 0 aromatic heterocycles. The van der Waals surface area contributed by atoms with Crippen LogP contribution in [0.4, 0.5) is 5.69 Å². The third-order valence-electron chi connectivity index (χ3n) is 2.39. The first-order valence-electron chi connectivity index (χ1n) is 5.38. The van der Waals surface area contributed by atoms with E-state index >= 15 is 0 Å². The van der Waals surface area contributed by atoms with E-state index in [1.807, 2.05) is 30.9 Å². The Hall–Kier alpha value is -1.29. The van der Waals surface area contributed by atoms with Gasteiger partial charge in [-0.2, -0.15) is 0 Å². The maximum Gasteiger partial charge on any atom is 0.338 e. The van der Waals surface area contributed by atoms with Gasteiger partial charge in [-0.25, -0.2) is 4.79 Å². The molecule has 0 heterocycles. The summed E-state index contributed by atoms with van der Waals surface area (Å²) in [7, 11) is 0. The fraction of sp³-hybridized carbons (Fsp3) is 0.308. The standard InChI is InChI=1S/C13H16BrNO2/c1-4-15(8-9(2)3)11-7-5-6-10(14)12(11)13(16)17/h5-7H,2,4,8H2,1,3H3,(H,16,17). The Labute approximate surface area is 110 Å². The van der Waals surface area contributed by atoms with E-state index in [-0.39, 0.29) is 0 Å². The number of anilines is 1. The molecular formula is C13H16BrNO2. The molecule has 0 atom stereocenters. The number of hydrogen-bond acceptors (Lipinski definition) is 2. The Kier molecular flexibility index (Phi) is 4.75. The Morgan fingerprint density at radius 2 is 2.18 bits per heavy atom. The molecule has 0 radical (unpaired) electrons. The van der Waals surface area contributed by atoms with E-state index in [2.05, 4.69) is 22.5 Å². The highest BCUT2D eigenvalue weighted by Gasteiger charge is 2.17. The number of carboxylic acids is 1. The van der Waals surface area contributed by atoms with E-state index in [0.29, 0.717) is 16.6 Å². The number of likely N-dealkylation sites (N-methyl/N-ethyl adjacent to an activating group) is 1. The Morgan fingerprint density at radius 1 is 1.53 bits per heavy atom. The summed E-state index contributed by atoms with van der Waals surface area (Å²) in [5, 5.41) is 9.25. The number of hydrogen-bond donors (Lipinski definition) is 1. The molecule has 0 spiro atoms. The maximum absolute atomic E-state index is 11.3. The summed E-state index contributed by atoms with van der Waals surface area (Å²) >= 11 is 3.28. The molecule has 0 aliphatic heterocycles. The average Bonchev–Trinajstić information content (AvgIpc) is 2.24. The van der Waals surface area contributed by atoms with Crippen molar-refractivity contribution in [1.82, 2.24) is 0 Å². The maximum atomic E-state index is 11.3. The molecule has 0 amide bonds. The lowest BCUT2D eigenvalue weighted by Crippen LogP contribution is -2.26. The Bertz CT molecular complexity index is 443. The van der Waals surface area contributed by atoms with Gasteiger partial charge in [-0.05, 0) is 41.9 Å². The first kappa shape index (κ1) is 13.8. The summed E-state index contributed by atoms with van der Waals surface area (Å²) in [6, 6.07) is 5.40. The molecule has 4 heteroatoms. The van der Waals surface area contributed by atoms with Crippen LogP contribution in [0, 0.1) is 0 Å². The number of aromatic carboxylic acids is 1. The molecular weight excluding hydrogens is 282 g/mol. The van der Waals surface area contributed by atoms with Crippen LogP contribution in [-0.2, 0) is 0 Å². The first-order valence-corrected chi connectivity index (χ1v) is 6.17. The molecule has 0 aliphatic carbocycles. The molecule has 3 nitrogen and oxygen atoms in total. The van der Waals surface area contributed by atoms with E-state index in [1.165, 1.54) is 0 Å². The molecule has 0 fully saturated rings. The summed E-state index contributed by atoms with van der Waals surface area (Å²) in [5.74, 6) is -0.923. The van der Waals surface area contributed by atoms with Crippen molar-refractivity contribution in [3.05, 3.63) is 40.4 Å². The summed E-state index contributed by atoms with van der Waals surface area (Å²) in [6.07, 6.45) is 0. The summed E-state index contributed by atoms with van der Waals surface area (Å²) in [5.41, 5.74) is 2.02. The molecule has 0 aliphatic rings. The molecule has 92 valence electrons. The van der Waals surface area contributed by atoms with E-state index in [1.54, 1.807) is 6.07 Å². The van der Waals surface area contributed by atoms with Gasteiger partial charge in [0.2, 0.25) is 0 Å². The van der Waals surface area contributed by atoms with E-state index in [4.69, 9.17) is 0 Å². The van der Waals surface area contributed by atoms with E-state index in [9.17, 15) is 9.90 Å². The normalized spacial score (nSPS) is 10.1. The monoisotopic (exact) mass is 297 g/mol. The number of carboxylic acid groups (broad SMARTS) is 1. The zero-order valence-corrected chi connectivity index (χ0v) is 11.6. The fourth-order valence-electron chi connectivity index (χ4n) is 1.68. The molecule has 0 saturated heterocycles. The van der Waals surface area contributed by atoms with Crippen molar-refractivity contribution in [2.24, 2.45) is 0 Å². The third-order valence-corrected chi connectivity index (χ3v) is 3.05. The predicted molar refractivity (Wildman–Crippen MR) is 73.8 cm³/mol. The highest BCUT2D eigenvalue weighted by atomic mass is 79.9. The Morgan fingerprint density at radius 3 is 2.65 bits per heavy atom. The van der Waals surface area contributed by atoms with Gasteiger partial charge >= 0.3 is 5.97 Å². The highest BCUT2D eigenvalue weighted by molar-refractivity contribution is 9.10. The van der Waals surface area contributed by atoms with Gasteiger partial charge < -0.3 is 10.0 Å². The van der Waals surface area contributed by atoms with Crippen molar-refractivity contribution in [2.45, 2.75) is 13.8 Å². The minimum atomic E-state index is -0.923. The van der Waals surface area contributed by atoms with Gasteiger partial charge in [0.25, 0.3) is 0 Å². The molecule has 1 aromatic carbocycles. The highest BCUT2D eigenvalue weighted by Crippen LogP contribution is 2.28. The van der Waals surface area contributed by atoms with E-state index < -0.39 is 5.97 Å². The lowest BCUT2D eigenvalue weighted by Gasteiger charge is -2.25. The van der Waals surface area contributed by atoms with Crippen molar-refractivity contribution in [1.29, 1.82) is 0 Å². The van der Waals surface area contributed by atoms with Crippen LogP contribution >= 0.6 is 15.9 Å². The minimum Gasteiger partial charge on any atom is -0.478 e. The van der Waals surface area contributed by atoms with Crippen molar-refractivity contribution in [2.75, 3.05) is 18.0 Å². The summed E-state index contributed by atoms with van der Waals surface area (Å²) in [6.45, 7) is 9.19. The van der Waals surface area contributed by atoms with Gasteiger partial charge in [-0.1, -0.05) is 18.2 Å². The van der Waals surface area contributed by atoms with Crippen molar-refractivity contribution < 1.29 is 9.90 Å². The van der Waals surface area contributed by atoms with Crippen LogP contribution in [0.1, 0.15) is 24.2 Å². The lowest BCUT2D eigenvalue weighted by atomic mass is 10.1. The van der Waals surface area contributed by atoms with Gasteiger partial charge in [-0.3, -0.25) is 0 Å². The van der Waals surface area contributed by atoms with Crippen LogP contribution in [0.15, 0.2) is 34.8 Å². The zero-order valence-electron chi connectivity index (χ0n) is 10.0. The molecule has 1 aromatic rings. The molecule has 0 saturated carbocycles. The second kappa shape index (κ2) is 5.87. The largest absolute Gasteiger partial charge is 0.478 e. The number of carbonyl (C=O) groups is 1. The molecule has 17 heavy (non-hydrogen) atoms. The van der Waals surface area contributed by atoms with Crippen LogP contribution in [0.3, 0.4) is 0 Å². The van der Waals surface area contributed by atoms with Crippen molar-refractivity contribution in [3.8, 4) is 0 Å². The summed E-state index contributed by atoms with van der Waals surface area (Å²) < 4.78 is 0.600. The molecule has 0 unspecified atom stereocenters. The van der Waals surface area contributed by atoms with Crippen LogP contribution in [0.2, 0.25) is 0 Å². The smallest absolute Gasteiger partial charge is 0.338 e. The SMILES string of the molecule is C=C(C)CN(CC)c1cccc(Br)c1C(=O)O. The van der Waals surface area contributed by atoms with Crippen molar-refractivity contribution >= 4 is 27.6 Å². The first-order chi connectivity index (χ1) is 7.97. The third kappa shape index (κ3) is 3.33. The van der Waals surface area contributed by atoms with Gasteiger partial charge in [0.15, 0.2) is 0 Å². The summed E-state index contributed by atoms with van der Waals surface area (Å²) in [4.78, 5) is 13.3. The molecule has 1 N–H and O–H groups in total. The second-order valence-corrected chi connectivity index (χ2v) is 4.76. The number of nitrogens with zero attached hydrogens (tertiary/aromatic N) is 1. The molecule has 1 rings (SSSR count). The second-order valence-electron chi connectivity index (χ2n) is 3.91. The zero-order chi connectivity index (χ0) is 13.0. The minimum absolute atomic E-state index is 0.301. The van der Waals surface area contributed by atoms with Gasteiger partial charge in [0.1, 0.15) is 0 Å². The Balaban J connectivity index is 3.23. The number of rotatable bonds is 5. The topological polar surface area (TPSA) is 40.5 Å². The fourth-order valence-corrected chi connectivity index (χ4v) is 2.21. The van der Waals surface area contributed by atoms with Gasteiger partial charge in [0.05, 0.1) is 11.3 Å². The van der Waals surface area contributed by atoms with Crippen LogP contribution in [0.5, 0.6) is 0 Å². The number of benzene rings is 1. The number of halogens is 1. The van der Waals surface area contributed by atoms with E-state index in [0.717, 1.165) is 17.8 Å². The quantitative estimate of drug-likeness (QED) is 0.845. The average molecular weight is 298 g/mol. The predicted octanol–water partition coefficient (Wildman–Crippen LogP) is 3.55. The van der Waals surface area contributed by atoms with Gasteiger partial charge in [-0.15, -0.1) is 0 Å². The van der Waals surface area contributed by atoms with Crippen LogP contribution < -0.4 is 4.90 Å². The van der Waals surface area contributed by atoms with Crippen molar-refractivity contribution in [3.63, 3.8) is 0 Å².